The highest BCUT2D eigenvalue weighted by atomic mass is 35.5. The molecule has 2 aromatic heterocycles. The van der Waals surface area contributed by atoms with Gasteiger partial charge in [0.1, 0.15) is 0 Å². The van der Waals surface area contributed by atoms with Crippen LogP contribution in [0.3, 0.4) is 0 Å². The standard InChI is InChI=1S/C23H19ClN2S/c24-18-5-1-15(2-6-18)17-3-7-21(26-14-17)16-4-8-22-20(13-16)19-9-11-25-12-10-23(19)27-22/h1-8,13-14,25H,9-12H2. The van der Waals surface area contributed by atoms with Crippen molar-refractivity contribution >= 4 is 33.0 Å². The zero-order valence-corrected chi connectivity index (χ0v) is 16.4. The molecule has 27 heavy (non-hydrogen) atoms. The van der Waals surface area contributed by atoms with Gasteiger partial charge in [0.15, 0.2) is 0 Å². The van der Waals surface area contributed by atoms with Gasteiger partial charge in [-0.15, -0.1) is 11.3 Å². The van der Waals surface area contributed by atoms with Gasteiger partial charge in [-0.05, 0) is 72.8 Å². The van der Waals surface area contributed by atoms with Crippen molar-refractivity contribution in [1.82, 2.24) is 10.3 Å². The van der Waals surface area contributed by atoms with Crippen LogP contribution in [0.2, 0.25) is 5.02 Å². The van der Waals surface area contributed by atoms with Crippen LogP contribution in [-0.4, -0.2) is 18.1 Å². The van der Waals surface area contributed by atoms with E-state index in [1.807, 2.05) is 41.8 Å². The minimum Gasteiger partial charge on any atom is -0.316 e. The average Bonchev–Trinajstić information content (AvgIpc) is 2.89. The number of fused-ring (bicyclic) bond motifs is 3. The Morgan fingerprint density at radius 2 is 1.63 bits per heavy atom. The molecule has 0 bridgehead atoms. The molecular formula is C23H19ClN2S. The molecule has 0 spiro atoms. The molecular weight excluding hydrogens is 372 g/mol. The van der Waals surface area contributed by atoms with Crippen molar-refractivity contribution < 1.29 is 0 Å². The highest BCUT2D eigenvalue weighted by Crippen LogP contribution is 2.35. The summed E-state index contributed by atoms with van der Waals surface area (Å²) in [7, 11) is 0. The van der Waals surface area contributed by atoms with E-state index in [9.17, 15) is 0 Å². The van der Waals surface area contributed by atoms with Gasteiger partial charge in [0, 0.05) is 31.9 Å². The molecule has 0 amide bonds. The zero-order chi connectivity index (χ0) is 18.2. The third-order valence-corrected chi connectivity index (χ3v) is 6.72. The van der Waals surface area contributed by atoms with E-state index in [-0.39, 0.29) is 0 Å². The molecule has 2 aromatic carbocycles. The van der Waals surface area contributed by atoms with Crippen LogP contribution in [0, 0.1) is 0 Å². The van der Waals surface area contributed by atoms with Gasteiger partial charge in [-0.1, -0.05) is 35.9 Å². The van der Waals surface area contributed by atoms with Crippen LogP contribution in [0.4, 0.5) is 0 Å². The number of hydrogen-bond acceptors (Lipinski definition) is 3. The van der Waals surface area contributed by atoms with E-state index in [0.29, 0.717) is 0 Å². The number of aromatic nitrogens is 1. The molecule has 1 aliphatic heterocycles. The summed E-state index contributed by atoms with van der Waals surface area (Å²) in [4.78, 5) is 6.27. The van der Waals surface area contributed by atoms with E-state index < -0.39 is 0 Å². The Balaban J connectivity index is 1.51. The smallest absolute Gasteiger partial charge is 0.0702 e. The van der Waals surface area contributed by atoms with Crippen molar-refractivity contribution in [3.05, 3.63) is 76.3 Å². The number of benzene rings is 2. The van der Waals surface area contributed by atoms with Gasteiger partial charge in [-0.25, -0.2) is 0 Å². The second-order valence-electron chi connectivity index (χ2n) is 6.90. The molecule has 0 saturated carbocycles. The van der Waals surface area contributed by atoms with E-state index in [0.717, 1.165) is 47.8 Å². The van der Waals surface area contributed by atoms with Crippen LogP contribution in [0.25, 0.3) is 32.5 Å². The van der Waals surface area contributed by atoms with Crippen LogP contribution in [-0.2, 0) is 12.8 Å². The molecule has 5 rings (SSSR count). The van der Waals surface area contributed by atoms with Crippen molar-refractivity contribution in [1.29, 1.82) is 0 Å². The normalized spacial score (nSPS) is 14.1. The number of rotatable bonds is 2. The molecule has 4 heteroatoms. The van der Waals surface area contributed by atoms with Gasteiger partial charge in [0.25, 0.3) is 0 Å². The maximum atomic E-state index is 5.98. The fourth-order valence-corrected chi connectivity index (χ4v) is 5.11. The fourth-order valence-electron chi connectivity index (χ4n) is 3.75. The second-order valence-corrected chi connectivity index (χ2v) is 8.48. The molecule has 0 fully saturated rings. The van der Waals surface area contributed by atoms with Gasteiger partial charge < -0.3 is 5.32 Å². The van der Waals surface area contributed by atoms with Crippen LogP contribution >= 0.6 is 22.9 Å². The third kappa shape index (κ3) is 3.27. The van der Waals surface area contributed by atoms with Gasteiger partial charge in [0.05, 0.1) is 5.69 Å². The molecule has 4 aromatic rings. The van der Waals surface area contributed by atoms with E-state index in [4.69, 9.17) is 16.6 Å². The summed E-state index contributed by atoms with van der Waals surface area (Å²) in [5, 5.41) is 5.66. The molecule has 0 unspecified atom stereocenters. The minimum absolute atomic E-state index is 0.752. The van der Waals surface area contributed by atoms with Crippen molar-refractivity contribution in [3.8, 4) is 22.4 Å². The molecule has 0 saturated heterocycles. The summed E-state index contributed by atoms with van der Waals surface area (Å²) in [5.74, 6) is 0. The molecule has 1 N–H and O–H groups in total. The lowest BCUT2D eigenvalue weighted by atomic mass is 10.0. The Hall–Kier alpha value is -2.20. The molecule has 134 valence electrons. The highest BCUT2D eigenvalue weighted by molar-refractivity contribution is 7.19. The lowest BCUT2D eigenvalue weighted by molar-refractivity contribution is 0.712. The molecule has 3 heterocycles. The van der Waals surface area contributed by atoms with Crippen LogP contribution < -0.4 is 5.32 Å². The Kier molecular flexibility index (Phi) is 4.44. The number of pyridine rings is 1. The third-order valence-electron chi connectivity index (χ3n) is 5.19. The van der Waals surface area contributed by atoms with Gasteiger partial charge in [-0.2, -0.15) is 0 Å². The van der Waals surface area contributed by atoms with E-state index in [2.05, 4.69) is 35.6 Å². The predicted octanol–water partition coefficient (Wildman–Crippen LogP) is 5.97. The van der Waals surface area contributed by atoms with Crippen molar-refractivity contribution in [3.63, 3.8) is 0 Å². The van der Waals surface area contributed by atoms with Gasteiger partial charge in [0.2, 0.25) is 0 Å². The number of nitrogens with zero attached hydrogens (tertiary/aromatic N) is 1. The average molecular weight is 391 g/mol. The molecule has 0 radical (unpaired) electrons. The quantitative estimate of drug-likeness (QED) is 0.456. The van der Waals surface area contributed by atoms with Gasteiger partial charge in [-0.3, -0.25) is 4.98 Å². The Morgan fingerprint density at radius 3 is 2.44 bits per heavy atom. The van der Waals surface area contributed by atoms with Crippen LogP contribution in [0.1, 0.15) is 10.4 Å². The Labute approximate surface area is 167 Å². The summed E-state index contributed by atoms with van der Waals surface area (Å²) in [5.41, 5.74) is 5.96. The first kappa shape index (κ1) is 16.9. The topological polar surface area (TPSA) is 24.9 Å². The van der Waals surface area contributed by atoms with Crippen LogP contribution in [0.15, 0.2) is 60.8 Å². The number of halogens is 1. The van der Waals surface area contributed by atoms with E-state index in [1.165, 1.54) is 26.1 Å². The number of hydrogen-bond donors (Lipinski definition) is 1. The SMILES string of the molecule is Clc1ccc(-c2ccc(-c3ccc4sc5c(c4c3)CCNCC5)nc2)cc1. The lowest BCUT2D eigenvalue weighted by Crippen LogP contribution is -2.16. The summed E-state index contributed by atoms with van der Waals surface area (Å²) >= 11 is 7.93. The number of nitrogens with one attached hydrogen (secondary N) is 1. The number of thiophene rings is 1. The first-order valence-corrected chi connectivity index (χ1v) is 10.4. The Bertz CT molecular complexity index is 1100. The molecule has 1 aliphatic rings. The minimum atomic E-state index is 0.752. The van der Waals surface area contributed by atoms with Crippen LogP contribution in [0.5, 0.6) is 0 Å². The predicted molar refractivity (Wildman–Crippen MR) is 116 cm³/mol. The Morgan fingerprint density at radius 1 is 0.852 bits per heavy atom. The lowest BCUT2D eigenvalue weighted by Gasteiger charge is -2.06. The first-order valence-electron chi connectivity index (χ1n) is 9.25. The zero-order valence-electron chi connectivity index (χ0n) is 14.8. The molecule has 2 nitrogen and oxygen atoms in total. The van der Waals surface area contributed by atoms with E-state index in [1.54, 1.807) is 0 Å². The maximum Gasteiger partial charge on any atom is 0.0702 e. The first-order chi connectivity index (χ1) is 13.3. The van der Waals surface area contributed by atoms with Gasteiger partial charge >= 0.3 is 0 Å². The van der Waals surface area contributed by atoms with Crippen molar-refractivity contribution in [2.75, 3.05) is 13.1 Å². The summed E-state index contributed by atoms with van der Waals surface area (Å²) in [6, 6.07) is 18.9. The van der Waals surface area contributed by atoms with Crippen molar-refractivity contribution in [2.45, 2.75) is 12.8 Å². The van der Waals surface area contributed by atoms with E-state index >= 15 is 0 Å². The highest BCUT2D eigenvalue weighted by Gasteiger charge is 2.15. The largest absolute Gasteiger partial charge is 0.316 e. The fraction of sp³-hybridized carbons (Fsp3) is 0.174. The summed E-state index contributed by atoms with van der Waals surface area (Å²) in [6.07, 6.45) is 4.20. The molecule has 0 atom stereocenters. The van der Waals surface area contributed by atoms with Crippen molar-refractivity contribution in [2.24, 2.45) is 0 Å². The monoisotopic (exact) mass is 390 g/mol. The second kappa shape index (κ2) is 7.08. The summed E-state index contributed by atoms with van der Waals surface area (Å²) in [6.45, 7) is 2.15. The summed E-state index contributed by atoms with van der Waals surface area (Å²) < 4.78 is 1.39. The molecule has 0 aliphatic carbocycles. The maximum absolute atomic E-state index is 5.98.